The molecule has 0 amide bonds. The minimum Gasteiger partial charge on any atom is -0.508 e. The molecule has 0 aliphatic rings. The van der Waals surface area contributed by atoms with Crippen molar-refractivity contribution in [3.05, 3.63) is 42.5 Å². The van der Waals surface area contributed by atoms with Gasteiger partial charge in [-0.05, 0) is 42.7 Å². The Morgan fingerprint density at radius 2 is 1.85 bits per heavy atom. The zero-order chi connectivity index (χ0) is 18.7. The lowest BCUT2D eigenvalue weighted by molar-refractivity contribution is 0.461. The van der Waals surface area contributed by atoms with Gasteiger partial charge >= 0.3 is 0 Å². The summed E-state index contributed by atoms with van der Waals surface area (Å²) in [6, 6.07) is 12.0. The smallest absolute Gasteiger partial charge is 0.166 e. The van der Waals surface area contributed by atoms with E-state index in [9.17, 15) is 10.2 Å². The second kappa shape index (κ2) is 7.58. The standard InChI is InChI=1S/C20H24N4O2/c1-12(2)9-13(21)11-22-19-15-5-3-4-6-17(15)23-20(24-19)16-10-14(25)7-8-18(16)26/h3-8,10,12-13,25-26H,9,11,21H2,1-2H3,(H,22,23,24)/t13-/m0/s1. The topological polar surface area (TPSA) is 104 Å². The average Bonchev–Trinajstić information content (AvgIpc) is 2.61. The van der Waals surface area contributed by atoms with Gasteiger partial charge in [-0.25, -0.2) is 9.97 Å². The minimum absolute atomic E-state index is 0.0144. The highest BCUT2D eigenvalue weighted by Gasteiger charge is 2.14. The van der Waals surface area contributed by atoms with E-state index in [0.717, 1.165) is 17.3 Å². The third-order valence-electron chi connectivity index (χ3n) is 4.13. The third kappa shape index (κ3) is 4.03. The van der Waals surface area contributed by atoms with Crippen molar-refractivity contribution in [1.82, 2.24) is 9.97 Å². The van der Waals surface area contributed by atoms with Crippen LogP contribution in [0.25, 0.3) is 22.3 Å². The summed E-state index contributed by atoms with van der Waals surface area (Å²) in [5, 5.41) is 24.1. The van der Waals surface area contributed by atoms with Crippen LogP contribution in [0.15, 0.2) is 42.5 Å². The molecule has 6 nitrogen and oxygen atoms in total. The van der Waals surface area contributed by atoms with E-state index < -0.39 is 0 Å². The van der Waals surface area contributed by atoms with E-state index in [1.54, 1.807) is 0 Å². The molecule has 6 heteroatoms. The van der Waals surface area contributed by atoms with Crippen molar-refractivity contribution in [2.45, 2.75) is 26.3 Å². The molecular formula is C20H24N4O2. The Hall–Kier alpha value is -2.86. The van der Waals surface area contributed by atoms with Crippen LogP contribution in [0.4, 0.5) is 5.82 Å². The molecule has 26 heavy (non-hydrogen) atoms. The van der Waals surface area contributed by atoms with Crippen molar-refractivity contribution in [3.63, 3.8) is 0 Å². The molecule has 0 bridgehead atoms. The number of phenols is 2. The molecule has 5 N–H and O–H groups in total. The van der Waals surface area contributed by atoms with Gasteiger partial charge in [0, 0.05) is 18.0 Å². The molecule has 3 rings (SSSR count). The van der Waals surface area contributed by atoms with Crippen LogP contribution in [0.1, 0.15) is 20.3 Å². The van der Waals surface area contributed by atoms with Crippen LogP contribution in [0.3, 0.4) is 0 Å². The fraction of sp³-hybridized carbons (Fsp3) is 0.300. The average molecular weight is 352 g/mol. The van der Waals surface area contributed by atoms with Crippen LogP contribution in [-0.4, -0.2) is 32.8 Å². The van der Waals surface area contributed by atoms with Gasteiger partial charge in [0.15, 0.2) is 5.82 Å². The lowest BCUT2D eigenvalue weighted by Crippen LogP contribution is -2.30. The summed E-state index contributed by atoms with van der Waals surface area (Å²) in [4.78, 5) is 9.11. The van der Waals surface area contributed by atoms with E-state index in [2.05, 4.69) is 29.1 Å². The third-order valence-corrected chi connectivity index (χ3v) is 4.13. The number of aromatic hydroxyl groups is 2. The number of nitrogens with two attached hydrogens (primary N) is 1. The summed E-state index contributed by atoms with van der Waals surface area (Å²) in [6.07, 6.45) is 0.913. The van der Waals surface area contributed by atoms with Gasteiger partial charge < -0.3 is 21.3 Å². The van der Waals surface area contributed by atoms with Gasteiger partial charge in [0.1, 0.15) is 17.3 Å². The predicted molar refractivity (Wildman–Crippen MR) is 104 cm³/mol. The van der Waals surface area contributed by atoms with Crippen LogP contribution in [0.5, 0.6) is 11.5 Å². The summed E-state index contributed by atoms with van der Waals surface area (Å²) >= 11 is 0. The Morgan fingerprint density at radius 1 is 1.08 bits per heavy atom. The van der Waals surface area contributed by atoms with Gasteiger partial charge in [-0.15, -0.1) is 0 Å². The number of para-hydroxylation sites is 1. The first kappa shape index (κ1) is 17.9. The summed E-state index contributed by atoms with van der Waals surface area (Å²) in [5.74, 6) is 1.59. The zero-order valence-corrected chi connectivity index (χ0v) is 15.0. The Morgan fingerprint density at radius 3 is 2.62 bits per heavy atom. The number of phenolic OH excluding ortho intramolecular Hbond substituents is 2. The van der Waals surface area contributed by atoms with Crippen molar-refractivity contribution in [2.75, 3.05) is 11.9 Å². The molecule has 1 atom stereocenters. The Labute approximate surface area is 152 Å². The molecule has 1 aromatic heterocycles. The summed E-state index contributed by atoms with van der Waals surface area (Å²) in [7, 11) is 0. The van der Waals surface area contributed by atoms with Crippen LogP contribution in [0.2, 0.25) is 0 Å². The number of fused-ring (bicyclic) bond motifs is 1. The molecule has 0 saturated heterocycles. The highest BCUT2D eigenvalue weighted by Crippen LogP contribution is 2.32. The number of nitrogens with one attached hydrogen (secondary N) is 1. The van der Waals surface area contributed by atoms with Crippen LogP contribution in [0, 0.1) is 5.92 Å². The quantitative estimate of drug-likeness (QED) is 0.506. The van der Waals surface area contributed by atoms with Crippen molar-refractivity contribution >= 4 is 16.7 Å². The summed E-state index contributed by atoms with van der Waals surface area (Å²) in [5.41, 5.74) is 7.31. The largest absolute Gasteiger partial charge is 0.508 e. The van der Waals surface area contributed by atoms with Crippen LogP contribution in [-0.2, 0) is 0 Å². The van der Waals surface area contributed by atoms with E-state index in [0.29, 0.717) is 29.7 Å². The van der Waals surface area contributed by atoms with Gasteiger partial charge in [0.05, 0.1) is 11.1 Å². The molecule has 0 aliphatic carbocycles. The normalized spacial score (nSPS) is 12.5. The molecule has 1 heterocycles. The molecule has 2 aromatic carbocycles. The number of nitrogens with zero attached hydrogens (tertiary/aromatic N) is 2. The fourth-order valence-corrected chi connectivity index (χ4v) is 2.95. The molecule has 136 valence electrons. The summed E-state index contributed by atoms with van der Waals surface area (Å²) < 4.78 is 0. The zero-order valence-electron chi connectivity index (χ0n) is 15.0. The highest BCUT2D eigenvalue weighted by molar-refractivity contribution is 5.91. The molecule has 0 spiro atoms. The van der Waals surface area contributed by atoms with Gasteiger partial charge in [-0.3, -0.25) is 0 Å². The second-order valence-electron chi connectivity index (χ2n) is 6.88. The molecule has 0 unspecified atom stereocenters. The highest BCUT2D eigenvalue weighted by atomic mass is 16.3. The first-order valence-electron chi connectivity index (χ1n) is 8.72. The summed E-state index contributed by atoms with van der Waals surface area (Å²) in [6.45, 7) is 4.87. The van der Waals surface area contributed by atoms with Crippen molar-refractivity contribution < 1.29 is 10.2 Å². The monoisotopic (exact) mass is 352 g/mol. The number of aromatic nitrogens is 2. The number of rotatable bonds is 6. The molecule has 0 saturated carbocycles. The Kier molecular flexibility index (Phi) is 5.23. The van der Waals surface area contributed by atoms with E-state index in [1.807, 2.05) is 24.3 Å². The minimum atomic E-state index is 0.0144. The number of hydrogen-bond donors (Lipinski definition) is 4. The lowest BCUT2D eigenvalue weighted by Gasteiger charge is -2.17. The number of hydrogen-bond acceptors (Lipinski definition) is 6. The Bertz CT molecular complexity index is 911. The second-order valence-corrected chi connectivity index (χ2v) is 6.88. The fourth-order valence-electron chi connectivity index (χ4n) is 2.95. The first-order chi connectivity index (χ1) is 12.4. The molecular weight excluding hydrogens is 328 g/mol. The lowest BCUT2D eigenvalue weighted by atomic mass is 10.0. The van der Waals surface area contributed by atoms with Crippen LogP contribution < -0.4 is 11.1 Å². The maximum absolute atomic E-state index is 10.1. The molecule has 0 aliphatic heterocycles. The van der Waals surface area contributed by atoms with E-state index in [4.69, 9.17) is 5.73 Å². The predicted octanol–water partition coefficient (Wildman–Crippen LogP) is 3.49. The maximum atomic E-state index is 10.1. The van der Waals surface area contributed by atoms with Crippen LogP contribution >= 0.6 is 0 Å². The number of anilines is 1. The van der Waals surface area contributed by atoms with Crippen molar-refractivity contribution in [1.29, 1.82) is 0 Å². The SMILES string of the molecule is CC(C)C[C@H](N)CNc1nc(-c2cc(O)ccc2O)nc2ccccc12. The number of benzene rings is 2. The van der Waals surface area contributed by atoms with E-state index >= 15 is 0 Å². The van der Waals surface area contributed by atoms with Gasteiger partial charge in [-0.2, -0.15) is 0 Å². The van der Waals surface area contributed by atoms with Gasteiger partial charge in [-0.1, -0.05) is 26.0 Å². The van der Waals surface area contributed by atoms with Crippen molar-refractivity contribution in [2.24, 2.45) is 11.7 Å². The van der Waals surface area contributed by atoms with Crippen molar-refractivity contribution in [3.8, 4) is 22.9 Å². The maximum Gasteiger partial charge on any atom is 0.166 e. The van der Waals surface area contributed by atoms with E-state index in [1.165, 1.54) is 18.2 Å². The Balaban J connectivity index is 2.00. The molecule has 3 aromatic rings. The molecule has 0 radical (unpaired) electrons. The first-order valence-corrected chi connectivity index (χ1v) is 8.72. The van der Waals surface area contributed by atoms with Gasteiger partial charge in [0.25, 0.3) is 0 Å². The van der Waals surface area contributed by atoms with Gasteiger partial charge in [0.2, 0.25) is 0 Å². The van der Waals surface area contributed by atoms with E-state index in [-0.39, 0.29) is 17.5 Å². The molecule has 0 fully saturated rings.